The zero-order chi connectivity index (χ0) is 15.6. The highest BCUT2D eigenvalue weighted by atomic mass is 19.1. The lowest BCUT2D eigenvalue weighted by atomic mass is 10.2. The van der Waals surface area contributed by atoms with Crippen LogP contribution in [0.5, 0.6) is 11.5 Å². The first-order valence-electron chi connectivity index (χ1n) is 5.53. The lowest BCUT2D eigenvalue weighted by Gasteiger charge is -2.07. The average molecular weight is 295 g/mol. The van der Waals surface area contributed by atoms with E-state index < -0.39 is 39.5 Å². The molecule has 0 unspecified atom stereocenters. The fourth-order valence-corrected chi connectivity index (χ4v) is 1.61. The molecular formula is C13H7F2NO5. The van der Waals surface area contributed by atoms with Crippen molar-refractivity contribution in [2.45, 2.75) is 0 Å². The van der Waals surface area contributed by atoms with E-state index in [2.05, 4.69) is 0 Å². The molecule has 0 fully saturated rings. The van der Waals surface area contributed by atoms with Crippen molar-refractivity contribution in [3.05, 3.63) is 63.7 Å². The molecule has 0 saturated carbocycles. The van der Waals surface area contributed by atoms with E-state index in [0.29, 0.717) is 0 Å². The molecule has 0 aliphatic rings. The summed E-state index contributed by atoms with van der Waals surface area (Å²) in [5.41, 5.74) is -1.46. The van der Waals surface area contributed by atoms with Gasteiger partial charge in [-0.2, -0.15) is 4.39 Å². The van der Waals surface area contributed by atoms with Gasteiger partial charge in [-0.15, -0.1) is 0 Å². The van der Waals surface area contributed by atoms with E-state index in [4.69, 9.17) is 9.84 Å². The van der Waals surface area contributed by atoms with Crippen molar-refractivity contribution >= 4 is 11.7 Å². The minimum Gasteiger partial charge on any atom is -0.478 e. The van der Waals surface area contributed by atoms with Crippen LogP contribution >= 0.6 is 0 Å². The van der Waals surface area contributed by atoms with E-state index in [-0.39, 0.29) is 5.75 Å². The Bertz CT molecular complexity index is 732. The molecule has 6 nitrogen and oxygen atoms in total. The number of halogens is 2. The number of benzene rings is 2. The lowest BCUT2D eigenvalue weighted by Crippen LogP contribution is -2.01. The number of para-hydroxylation sites is 1. The van der Waals surface area contributed by atoms with E-state index in [1.54, 1.807) is 0 Å². The summed E-state index contributed by atoms with van der Waals surface area (Å²) in [5, 5.41) is 19.5. The first kappa shape index (κ1) is 14.4. The molecule has 0 spiro atoms. The smallest absolute Gasteiger partial charge is 0.346 e. The van der Waals surface area contributed by atoms with Gasteiger partial charge in [0.25, 0.3) is 0 Å². The van der Waals surface area contributed by atoms with Crippen LogP contribution in [-0.2, 0) is 0 Å². The highest BCUT2D eigenvalue weighted by Gasteiger charge is 2.22. The zero-order valence-corrected chi connectivity index (χ0v) is 10.2. The lowest BCUT2D eigenvalue weighted by molar-refractivity contribution is -0.388. The maximum absolute atomic E-state index is 13.5. The van der Waals surface area contributed by atoms with E-state index in [9.17, 15) is 23.7 Å². The molecule has 0 atom stereocenters. The Morgan fingerprint density at radius 3 is 2.48 bits per heavy atom. The second kappa shape index (κ2) is 5.53. The third kappa shape index (κ3) is 2.94. The number of ether oxygens (including phenoxy) is 1. The first-order chi connectivity index (χ1) is 9.90. The number of rotatable bonds is 4. The summed E-state index contributed by atoms with van der Waals surface area (Å²) in [5.74, 6) is -4.23. The monoisotopic (exact) mass is 295 g/mol. The Kier molecular flexibility index (Phi) is 3.79. The minimum absolute atomic E-state index is 0.189. The second-order valence-electron chi connectivity index (χ2n) is 3.89. The molecule has 1 N–H and O–H groups in total. The number of hydrogen-bond acceptors (Lipinski definition) is 4. The second-order valence-corrected chi connectivity index (χ2v) is 3.89. The number of nitrogens with zero attached hydrogens (tertiary/aromatic N) is 1. The van der Waals surface area contributed by atoms with Crippen molar-refractivity contribution in [2.24, 2.45) is 0 Å². The van der Waals surface area contributed by atoms with Crippen LogP contribution in [0.15, 0.2) is 36.4 Å². The summed E-state index contributed by atoms with van der Waals surface area (Å²) in [6.07, 6.45) is 0. The first-order valence-corrected chi connectivity index (χ1v) is 5.53. The zero-order valence-electron chi connectivity index (χ0n) is 10.2. The molecule has 0 aromatic heterocycles. The van der Waals surface area contributed by atoms with E-state index >= 15 is 0 Å². The molecule has 0 heterocycles. The number of carboxylic acid groups (broad SMARTS) is 1. The number of carboxylic acids is 1. The number of aromatic carboxylic acids is 1. The molecule has 0 aliphatic carbocycles. The maximum Gasteiger partial charge on any atom is 0.346 e. The fraction of sp³-hybridized carbons (Fsp3) is 0. The summed E-state index contributed by atoms with van der Waals surface area (Å²) in [7, 11) is 0. The predicted octanol–water partition coefficient (Wildman–Crippen LogP) is 3.36. The van der Waals surface area contributed by atoms with Crippen molar-refractivity contribution in [1.82, 2.24) is 0 Å². The molecule has 0 amide bonds. The van der Waals surface area contributed by atoms with Crippen LogP contribution in [0.1, 0.15) is 10.4 Å². The van der Waals surface area contributed by atoms with Gasteiger partial charge in [0.1, 0.15) is 11.6 Å². The summed E-state index contributed by atoms with van der Waals surface area (Å²) in [6, 6.07) is 6.03. The van der Waals surface area contributed by atoms with E-state index in [1.807, 2.05) is 0 Å². The summed E-state index contributed by atoms with van der Waals surface area (Å²) >= 11 is 0. The standard InChI is InChI=1S/C13H7F2NO5/c14-9-2-1-3-11(12(9)16(19)20)21-7-4-5-8(13(17)18)10(15)6-7/h1-6H,(H,17,18). The number of carbonyl (C=O) groups is 1. The van der Waals surface area contributed by atoms with Gasteiger partial charge in [-0.1, -0.05) is 6.07 Å². The van der Waals surface area contributed by atoms with Gasteiger partial charge in [0.2, 0.25) is 11.6 Å². The predicted molar refractivity (Wildman–Crippen MR) is 66.5 cm³/mol. The van der Waals surface area contributed by atoms with Crippen LogP contribution in [-0.4, -0.2) is 16.0 Å². The Morgan fingerprint density at radius 2 is 1.90 bits per heavy atom. The van der Waals surface area contributed by atoms with Gasteiger partial charge in [0.15, 0.2) is 0 Å². The molecule has 0 saturated heterocycles. The Hall–Kier alpha value is -3.03. The van der Waals surface area contributed by atoms with E-state index in [1.165, 1.54) is 6.07 Å². The molecular weight excluding hydrogens is 288 g/mol. The number of hydrogen-bond donors (Lipinski definition) is 1. The summed E-state index contributed by atoms with van der Waals surface area (Å²) in [6.45, 7) is 0. The highest BCUT2D eigenvalue weighted by Crippen LogP contribution is 2.33. The summed E-state index contributed by atoms with van der Waals surface area (Å²) < 4.78 is 31.9. The molecule has 108 valence electrons. The van der Waals surface area contributed by atoms with Crippen LogP contribution in [0.3, 0.4) is 0 Å². The molecule has 2 aromatic carbocycles. The molecule has 2 aromatic rings. The van der Waals surface area contributed by atoms with Crippen molar-refractivity contribution in [3.63, 3.8) is 0 Å². The molecule has 0 bridgehead atoms. The average Bonchev–Trinajstić information content (AvgIpc) is 2.37. The van der Waals surface area contributed by atoms with Crippen LogP contribution in [0.2, 0.25) is 0 Å². The van der Waals surface area contributed by atoms with Gasteiger partial charge in [-0.3, -0.25) is 10.1 Å². The van der Waals surface area contributed by atoms with Gasteiger partial charge in [-0.05, 0) is 24.3 Å². The SMILES string of the molecule is O=C(O)c1ccc(Oc2cccc(F)c2[N+](=O)[O-])cc1F. The van der Waals surface area contributed by atoms with Gasteiger partial charge < -0.3 is 9.84 Å². The third-order valence-corrected chi connectivity index (χ3v) is 2.53. The van der Waals surface area contributed by atoms with Gasteiger partial charge >= 0.3 is 11.7 Å². The van der Waals surface area contributed by atoms with Crippen LogP contribution < -0.4 is 4.74 Å². The minimum atomic E-state index is -1.46. The van der Waals surface area contributed by atoms with Crippen molar-refractivity contribution in [1.29, 1.82) is 0 Å². The van der Waals surface area contributed by atoms with Crippen LogP contribution in [0.25, 0.3) is 0 Å². The van der Waals surface area contributed by atoms with E-state index in [0.717, 1.165) is 30.3 Å². The van der Waals surface area contributed by atoms with Gasteiger partial charge in [0, 0.05) is 6.07 Å². The maximum atomic E-state index is 13.5. The Balaban J connectivity index is 2.39. The normalized spacial score (nSPS) is 10.2. The number of nitro groups is 1. The highest BCUT2D eigenvalue weighted by molar-refractivity contribution is 5.88. The van der Waals surface area contributed by atoms with Crippen LogP contribution in [0, 0.1) is 21.7 Å². The Morgan fingerprint density at radius 1 is 1.19 bits per heavy atom. The topological polar surface area (TPSA) is 89.7 Å². The van der Waals surface area contributed by atoms with Crippen molar-refractivity contribution < 1.29 is 28.3 Å². The molecule has 21 heavy (non-hydrogen) atoms. The molecule has 8 heteroatoms. The molecule has 0 radical (unpaired) electrons. The molecule has 2 rings (SSSR count). The quantitative estimate of drug-likeness (QED) is 0.690. The third-order valence-electron chi connectivity index (χ3n) is 2.53. The van der Waals surface area contributed by atoms with Crippen molar-refractivity contribution in [2.75, 3.05) is 0 Å². The molecule has 0 aliphatic heterocycles. The van der Waals surface area contributed by atoms with Crippen molar-refractivity contribution in [3.8, 4) is 11.5 Å². The fourth-order valence-electron chi connectivity index (χ4n) is 1.61. The van der Waals surface area contributed by atoms with Gasteiger partial charge in [-0.25, -0.2) is 9.18 Å². The Labute approximate surface area is 116 Å². The summed E-state index contributed by atoms with van der Waals surface area (Å²) in [4.78, 5) is 20.5. The largest absolute Gasteiger partial charge is 0.478 e. The van der Waals surface area contributed by atoms with Gasteiger partial charge in [0.05, 0.1) is 10.5 Å². The number of nitro benzene ring substituents is 1. The van der Waals surface area contributed by atoms with Crippen LogP contribution in [0.4, 0.5) is 14.5 Å².